The standard InChI is InChI=1S/C14H22N2/c1-3-4-6-12-8-9-15-14(12)13-7-5-10-16(2)11-13/h7-8H,3-6,9-11H2,1-2H3. The molecule has 88 valence electrons. The molecule has 0 aromatic heterocycles. The Morgan fingerprint density at radius 1 is 1.38 bits per heavy atom. The van der Waals surface area contributed by atoms with E-state index in [9.17, 15) is 0 Å². The average Bonchev–Trinajstić information content (AvgIpc) is 2.74. The first-order valence-corrected chi connectivity index (χ1v) is 6.43. The fraction of sp³-hybridized carbons (Fsp3) is 0.643. The van der Waals surface area contributed by atoms with Crippen LogP contribution in [0.1, 0.15) is 32.6 Å². The summed E-state index contributed by atoms with van der Waals surface area (Å²) in [5.41, 5.74) is 4.25. The lowest BCUT2D eigenvalue weighted by atomic mass is 9.96. The van der Waals surface area contributed by atoms with Crippen molar-refractivity contribution in [2.75, 3.05) is 26.7 Å². The SMILES string of the molecule is CCCCC1=CCN=C1C1=CCCN(C)C1. The smallest absolute Gasteiger partial charge is 0.0649 e. The van der Waals surface area contributed by atoms with Crippen LogP contribution < -0.4 is 0 Å². The van der Waals surface area contributed by atoms with Crippen LogP contribution in [0.4, 0.5) is 0 Å². The number of aliphatic imine (C=N–C) groups is 1. The summed E-state index contributed by atoms with van der Waals surface area (Å²) in [7, 11) is 2.19. The van der Waals surface area contributed by atoms with Gasteiger partial charge in [-0.05, 0) is 37.5 Å². The third-order valence-corrected chi connectivity index (χ3v) is 3.34. The lowest BCUT2D eigenvalue weighted by molar-refractivity contribution is 0.360. The molecule has 0 saturated carbocycles. The van der Waals surface area contributed by atoms with Gasteiger partial charge >= 0.3 is 0 Å². The Kier molecular flexibility index (Phi) is 3.94. The van der Waals surface area contributed by atoms with E-state index in [0.717, 1.165) is 13.1 Å². The minimum atomic E-state index is 0.898. The van der Waals surface area contributed by atoms with Crippen molar-refractivity contribution in [1.82, 2.24) is 4.90 Å². The van der Waals surface area contributed by atoms with Gasteiger partial charge in [0.25, 0.3) is 0 Å². The molecule has 0 N–H and O–H groups in total. The topological polar surface area (TPSA) is 15.6 Å². The minimum absolute atomic E-state index is 0.898. The maximum Gasteiger partial charge on any atom is 0.0649 e. The first-order chi connectivity index (χ1) is 7.81. The molecule has 0 aromatic carbocycles. The zero-order valence-corrected chi connectivity index (χ0v) is 10.5. The van der Waals surface area contributed by atoms with E-state index in [2.05, 4.69) is 36.0 Å². The molecule has 2 heteroatoms. The molecule has 2 nitrogen and oxygen atoms in total. The van der Waals surface area contributed by atoms with Crippen molar-refractivity contribution in [2.24, 2.45) is 4.99 Å². The van der Waals surface area contributed by atoms with Crippen LogP contribution in [0.2, 0.25) is 0 Å². The molecular formula is C14H22N2. The van der Waals surface area contributed by atoms with E-state index in [-0.39, 0.29) is 0 Å². The summed E-state index contributed by atoms with van der Waals surface area (Å²) in [6, 6.07) is 0. The van der Waals surface area contributed by atoms with Gasteiger partial charge in [0.1, 0.15) is 0 Å². The zero-order chi connectivity index (χ0) is 11.4. The predicted molar refractivity (Wildman–Crippen MR) is 70.1 cm³/mol. The highest BCUT2D eigenvalue weighted by Crippen LogP contribution is 2.22. The van der Waals surface area contributed by atoms with Crippen LogP contribution in [0.5, 0.6) is 0 Å². The van der Waals surface area contributed by atoms with Gasteiger partial charge in [0, 0.05) is 13.1 Å². The molecule has 16 heavy (non-hydrogen) atoms. The number of hydrogen-bond donors (Lipinski definition) is 0. The normalized spacial score (nSPS) is 21.8. The first-order valence-electron chi connectivity index (χ1n) is 6.43. The minimum Gasteiger partial charge on any atom is -0.302 e. The Morgan fingerprint density at radius 3 is 3.00 bits per heavy atom. The van der Waals surface area contributed by atoms with Crippen molar-refractivity contribution in [3.63, 3.8) is 0 Å². The van der Waals surface area contributed by atoms with Gasteiger partial charge in [-0.1, -0.05) is 25.5 Å². The second-order valence-electron chi connectivity index (χ2n) is 4.78. The van der Waals surface area contributed by atoms with Crippen LogP contribution >= 0.6 is 0 Å². The second kappa shape index (κ2) is 5.44. The molecule has 0 radical (unpaired) electrons. The van der Waals surface area contributed by atoms with Crippen molar-refractivity contribution in [3.05, 3.63) is 23.3 Å². The first kappa shape index (κ1) is 11.6. The van der Waals surface area contributed by atoms with Crippen LogP contribution in [0.3, 0.4) is 0 Å². The lowest BCUT2D eigenvalue weighted by Crippen LogP contribution is -2.28. The van der Waals surface area contributed by atoms with Gasteiger partial charge in [-0.3, -0.25) is 4.99 Å². The lowest BCUT2D eigenvalue weighted by Gasteiger charge is -2.23. The highest BCUT2D eigenvalue weighted by atomic mass is 15.1. The molecule has 2 aliphatic rings. The largest absolute Gasteiger partial charge is 0.302 e. The fourth-order valence-corrected chi connectivity index (χ4v) is 2.41. The monoisotopic (exact) mass is 218 g/mol. The fourth-order valence-electron chi connectivity index (χ4n) is 2.41. The molecular weight excluding hydrogens is 196 g/mol. The second-order valence-corrected chi connectivity index (χ2v) is 4.78. The Balaban J connectivity index is 2.04. The number of likely N-dealkylation sites (N-methyl/N-ethyl adjacent to an activating group) is 1. The van der Waals surface area contributed by atoms with Crippen molar-refractivity contribution >= 4 is 5.71 Å². The quantitative estimate of drug-likeness (QED) is 0.708. The molecule has 0 aliphatic carbocycles. The Bertz CT molecular complexity index is 337. The highest BCUT2D eigenvalue weighted by molar-refractivity contribution is 6.13. The van der Waals surface area contributed by atoms with Gasteiger partial charge in [0.05, 0.1) is 12.3 Å². The maximum absolute atomic E-state index is 4.66. The molecule has 2 heterocycles. The van der Waals surface area contributed by atoms with Crippen LogP contribution in [0.25, 0.3) is 0 Å². The van der Waals surface area contributed by atoms with Gasteiger partial charge in [0.2, 0.25) is 0 Å². The van der Waals surface area contributed by atoms with E-state index in [4.69, 9.17) is 0 Å². The summed E-state index contributed by atoms with van der Waals surface area (Å²) >= 11 is 0. The van der Waals surface area contributed by atoms with Crippen molar-refractivity contribution in [3.8, 4) is 0 Å². The Hall–Kier alpha value is -0.890. The molecule has 0 spiro atoms. The number of unbranched alkanes of at least 4 members (excludes halogenated alkanes) is 1. The predicted octanol–water partition coefficient (Wildman–Crippen LogP) is 2.82. The van der Waals surface area contributed by atoms with Crippen molar-refractivity contribution < 1.29 is 0 Å². The summed E-state index contributed by atoms with van der Waals surface area (Å²) < 4.78 is 0. The molecule has 2 rings (SSSR count). The molecule has 0 bridgehead atoms. The number of nitrogens with zero attached hydrogens (tertiary/aromatic N) is 2. The Morgan fingerprint density at radius 2 is 2.25 bits per heavy atom. The zero-order valence-electron chi connectivity index (χ0n) is 10.5. The van der Waals surface area contributed by atoms with E-state index >= 15 is 0 Å². The number of hydrogen-bond acceptors (Lipinski definition) is 2. The maximum atomic E-state index is 4.66. The molecule has 0 atom stereocenters. The van der Waals surface area contributed by atoms with E-state index < -0.39 is 0 Å². The van der Waals surface area contributed by atoms with E-state index in [1.54, 1.807) is 0 Å². The van der Waals surface area contributed by atoms with Gasteiger partial charge in [0.15, 0.2) is 0 Å². The van der Waals surface area contributed by atoms with E-state index in [0.29, 0.717) is 0 Å². The summed E-state index contributed by atoms with van der Waals surface area (Å²) in [6.07, 6.45) is 9.62. The third kappa shape index (κ3) is 2.62. The van der Waals surface area contributed by atoms with Crippen LogP contribution in [0.15, 0.2) is 28.3 Å². The summed E-state index contributed by atoms with van der Waals surface area (Å²) in [4.78, 5) is 7.04. The molecule has 0 amide bonds. The molecule has 0 unspecified atom stereocenters. The van der Waals surface area contributed by atoms with Crippen LogP contribution in [0, 0.1) is 0 Å². The molecule has 2 aliphatic heterocycles. The third-order valence-electron chi connectivity index (χ3n) is 3.34. The van der Waals surface area contributed by atoms with Crippen LogP contribution in [-0.2, 0) is 0 Å². The number of rotatable bonds is 4. The number of allylic oxidation sites excluding steroid dienone is 1. The van der Waals surface area contributed by atoms with Crippen molar-refractivity contribution in [1.29, 1.82) is 0 Å². The molecule has 0 aromatic rings. The van der Waals surface area contributed by atoms with Crippen LogP contribution in [-0.4, -0.2) is 37.3 Å². The van der Waals surface area contributed by atoms with Gasteiger partial charge in [-0.15, -0.1) is 0 Å². The van der Waals surface area contributed by atoms with E-state index in [1.807, 2.05) is 0 Å². The van der Waals surface area contributed by atoms with Crippen molar-refractivity contribution in [2.45, 2.75) is 32.6 Å². The Labute approximate surface area is 98.7 Å². The highest BCUT2D eigenvalue weighted by Gasteiger charge is 2.18. The summed E-state index contributed by atoms with van der Waals surface area (Å²) in [5, 5.41) is 0. The summed E-state index contributed by atoms with van der Waals surface area (Å²) in [5.74, 6) is 0. The molecule has 0 saturated heterocycles. The van der Waals surface area contributed by atoms with Gasteiger partial charge in [-0.2, -0.15) is 0 Å². The van der Waals surface area contributed by atoms with Gasteiger partial charge < -0.3 is 4.90 Å². The summed E-state index contributed by atoms with van der Waals surface area (Å²) in [6.45, 7) is 5.41. The van der Waals surface area contributed by atoms with Gasteiger partial charge in [-0.25, -0.2) is 0 Å². The van der Waals surface area contributed by atoms with E-state index in [1.165, 1.54) is 49.1 Å². The molecule has 0 fully saturated rings. The average molecular weight is 218 g/mol.